The lowest BCUT2D eigenvalue weighted by molar-refractivity contribution is -0.131. The topological polar surface area (TPSA) is 67.6 Å². The van der Waals surface area contributed by atoms with E-state index < -0.39 is 0 Å². The van der Waals surface area contributed by atoms with Crippen molar-refractivity contribution in [2.75, 3.05) is 26.8 Å². The molecule has 0 aromatic rings. The number of hydrazine groups is 1. The lowest BCUT2D eigenvalue weighted by Gasteiger charge is -2.30. The monoisotopic (exact) mass is 159 g/mol. The maximum Gasteiger partial charge on any atom is 0.253 e. The average molecular weight is 159 g/mol. The highest BCUT2D eigenvalue weighted by Gasteiger charge is 2.25. The van der Waals surface area contributed by atoms with E-state index in [1.54, 1.807) is 0 Å². The maximum absolute atomic E-state index is 11.0. The van der Waals surface area contributed by atoms with Crippen LogP contribution in [0.3, 0.4) is 0 Å². The van der Waals surface area contributed by atoms with Crippen LogP contribution in [0.15, 0.2) is 0 Å². The summed E-state index contributed by atoms with van der Waals surface area (Å²) in [4.78, 5) is 12.9. The van der Waals surface area contributed by atoms with E-state index in [0.717, 1.165) is 6.54 Å². The van der Waals surface area contributed by atoms with Gasteiger partial charge in [-0.3, -0.25) is 15.1 Å². The molecule has 0 radical (unpaired) electrons. The number of ether oxygens (including phenoxy) is 1. The molecule has 5 heteroatoms. The Labute approximate surface area is 65.5 Å². The van der Waals surface area contributed by atoms with Gasteiger partial charge < -0.3 is 4.74 Å². The molecule has 1 amide bonds. The fourth-order valence-corrected chi connectivity index (χ4v) is 1.06. The van der Waals surface area contributed by atoms with Crippen LogP contribution in [0.25, 0.3) is 0 Å². The number of likely N-dealkylation sites (N-methyl/N-ethyl adjacent to an activating group) is 1. The first-order valence-corrected chi connectivity index (χ1v) is 3.54. The van der Waals surface area contributed by atoms with E-state index in [1.807, 2.05) is 11.9 Å². The quantitative estimate of drug-likeness (QED) is 0.272. The van der Waals surface area contributed by atoms with Crippen molar-refractivity contribution in [1.29, 1.82) is 0 Å². The number of amides is 1. The zero-order chi connectivity index (χ0) is 8.27. The number of carbonyl (C=O) groups excluding carboxylic acids is 1. The van der Waals surface area contributed by atoms with Gasteiger partial charge >= 0.3 is 0 Å². The Morgan fingerprint density at radius 2 is 2.55 bits per heavy atom. The predicted octanol–water partition coefficient (Wildman–Crippen LogP) is -1.69. The molecule has 1 aliphatic heterocycles. The van der Waals surface area contributed by atoms with Gasteiger partial charge in [-0.2, -0.15) is 0 Å². The van der Waals surface area contributed by atoms with E-state index in [4.69, 9.17) is 10.6 Å². The Bertz CT molecular complexity index is 151. The van der Waals surface area contributed by atoms with E-state index in [0.29, 0.717) is 13.2 Å². The Morgan fingerprint density at radius 3 is 3.09 bits per heavy atom. The molecule has 0 unspecified atom stereocenters. The van der Waals surface area contributed by atoms with Crippen molar-refractivity contribution in [3.63, 3.8) is 0 Å². The van der Waals surface area contributed by atoms with Gasteiger partial charge in [-0.1, -0.05) is 0 Å². The first-order valence-electron chi connectivity index (χ1n) is 3.54. The second-order valence-corrected chi connectivity index (χ2v) is 2.58. The lowest BCUT2D eigenvalue weighted by atomic mass is 10.2. The number of nitrogens with two attached hydrogens (primary N) is 1. The molecule has 1 rings (SSSR count). The van der Waals surface area contributed by atoms with Gasteiger partial charge in [-0.05, 0) is 7.05 Å². The van der Waals surface area contributed by atoms with E-state index in [9.17, 15) is 4.79 Å². The molecule has 11 heavy (non-hydrogen) atoms. The van der Waals surface area contributed by atoms with Gasteiger partial charge in [0.1, 0.15) is 6.04 Å². The van der Waals surface area contributed by atoms with Gasteiger partial charge in [0.15, 0.2) is 0 Å². The molecule has 3 N–H and O–H groups in total. The largest absolute Gasteiger partial charge is 0.378 e. The van der Waals surface area contributed by atoms with E-state index >= 15 is 0 Å². The molecule has 64 valence electrons. The van der Waals surface area contributed by atoms with Gasteiger partial charge in [-0.25, -0.2) is 5.84 Å². The molecule has 0 aromatic carbocycles. The zero-order valence-electron chi connectivity index (χ0n) is 6.54. The van der Waals surface area contributed by atoms with Crippen molar-refractivity contribution in [2.24, 2.45) is 5.84 Å². The number of nitrogens with zero attached hydrogens (tertiary/aromatic N) is 1. The number of hydrogen-bond donors (Lipinski definition) is 2. The molecule has 5 nitrogen and oxygen atoms in total. The summed E-state index contributed by atoms with van der Waals surface area (Å²) in [7, 11) is 1.88. The third-order valence-corrected chi connectivity index (χ3v) is 1.84. The maximum atomic E-state index is 11.0. The predicted molar refractivity (Wildman–Crippen MR) is 39.6 cm³/mol. The molecular formula is C6H13N3O2. The van der Waals surface area contributed by atoms with Crippen LogP contribution < -0.4 is 11.3 Å². The van der Waals surface area contributed by atoms with Crippen LogP contribution in [0.4, 0.5) is 0 Å². The van der Waals surface area contributed by atoms with Gasteiger partial charge in [0.25, 0.3) is 5.91 Å². The summed E-state index contributed by atoms with van der Waals surface area (Å²) in [5, 5.41) is 0. The summed E-state index contributed by atoms with van der Waals surface area (Å²) in [6.45, 7) is 1.89. The third-order valence-electron chi connectivity index (χ3n) is 1.84. The molecule has 1 fully saturated rings. The van der Waals surface area contributed by atoms with Crippen LogP contribution in [0, 0.1) is 0 Å². The smallest absolute Gasteiger partial charge is 0.253 e. The minimum absolute atomic E-state index is 0.188. The van der Waals surface area contributed by atoms with Crippen LogP contribution in [0.1, 0.15) is 0 Å². The third kappa shape index (κ3) is 1.89. The molecule has 0 aromatic heterocycles. The molecule has 0 aliphatic carbocycles. The van der Waals surface area contributed by atoms with Crippen molar-refractivity contribution in [1.82, 2.24) is 10.3 Å². The Balaban J connectivity index is 2.47. The number of nitrogens with one attached hydrogen (secondary N) is 1. The van der Waals surface area contributed by atoms with Crippen molar-refractivity contribution in [3.8, 4) is 0 Å². The van der Waals surface area contributed by atoms with Crippen molar-refractivity contribution in [2.45, 2.75) is 6.04 Å². The van der Waals surface area contributed by atoms with Crippen molar-refractivity contribution < 1.29 is 9.53 Å². The molecule has 0 spiro atoms. The van der Waals surface area contributed by atoms with Crippen molar-refractivity contribution >= 4 is 5.91 Å². The highest BCUT2D eigenvalue weighted by molar-refractivity contribution is 5.81. The second kappa shape index (κ2) is 3.66. The molecule has 0 bridgehead atoms. The van der Waals surface area contributed by atoms with Gasteiger partial charge in [-0.15, -0.1) is 0 Å². The first-order chi connectivity index (χ1) is 5.25. The fourth-order valence-electron chi connectivity index (χ4n) is 1.06. The Hall–Kier alpha value is -0.650. The van der Waals surface area contributed by atoms with E-state index in [2.05, 4.69) is 5.43 Å². The molecule has 1 saturated heterocycles. The summed E-state index contributed by atoms with van der Waals surface area (Å²) in [5.41, 5.74) is 2.10. The zero-order valence-corrected chi connectivity index (χ0v) is 6.54. The van der Waals surface area contributed by atoms with E-state index in [-0.39, 0.29) is 11.9 Å². The number of morpholine rings is 1. The molecule has 1 heterocycles. The molecule has 0 saturated carbocycles. The number of hydrogen-bond acceptors (Lipinski definition) is 4. The molecule has 1 atom stereocenters. The molecule has 1 aliphatic rings. The Kier molecular flexibility index (Phi) is 2.81. The standard InChI is InChI=1S/C6H13N3O2/c1-9-2-3-11-4-5(9)6(10)8-7/h5H,2-4,7H2,1H3,(H,8,10)/t5-/m1/s1. The van der Waals surface area contributed by atoms with Crippen LogP contribution in [-0.2, 0) is 9.53 Å². The summed E-state index contributed by atoms with van der Waals surface area (Å²) in [6, 6.07) is -0.228. The van der Waals surface area contributed by atoms with Gasteiger partial charge in [0, 0.05) is 6.54 Å². The van der Waals surface area contributed by atoms with Crippen molar-refractivity contribution in [3.05, 3.63) is 0 Å². The Morgan fingerprint density at radius 1 is 1.82 bits per heavy atom. The van der Waals surface area contributed by atoms with Gasteiger partial charge in [0.2, 0.25) is 0 Å². The minimum Gasteiger partial charge on any atom is -0.378 e. The highest BCUT2D eigenvalue weighted by atomic mass is 16.5. The lowest BCUT2D eigenvalue weighted by Crippen LogP contribution is -2.53. The summed E-state index contributed by atoms with van der Waals surface area (Å²) in [6.07, 6.45) is 0. The second-order valence-electron chi connectivity index (χ2n) is 2.58. The van der Waals surface area contributed by atoms with E-state index in [1.165, 1.54) is 0 Å². The van der Waals surface area contributed by atoms with Crippen LogP contribution in [-0.4, -0.2) is 43.7 Å². The SMILES string of the molecule is CN1CCOC[C@@H]1C(=O)NN. The van der Waals surface area contributed by atoms with Crippen LogP contribution in [0.2, 0.25) is 0 Å². The fraction of sp³-hybridized carbons (Fsp3) is 0.833. The molecular weight excluding hydrogens is 146 g/mol. The first kappa shape index (κ1) is 8.45. The number of carbonyl (C=O) groups is 1. The van der Waals surface area contributed by atoms with Gasteiger partial charge in [0.05, 0.1) is 13.2 Å². The van der Waals surface area contributed by atoms with Crippen LogP contribution in [0.5, 0.6) is 0 Å². The highest BCUT2D eigenvalue weighted by Crippen LogP contribution is 2.02. The summed E-state index contributed by atoms with van der Waals surface area (Å²) in [5.74, 6) is 4.80. The average Bonchev–Trinajstić information content (AvgIpc) is 2.04. The number of rotatable bonds is 1. The van der Waals surface area contributed by atoms with Crippen LogP contribution >= 0.6 is 0 Å². The normalized spacial score (nSPS) is 26.5. The summed E-state index contributed by atoms with van der Waals surface area (Å²) < 4.78 is 5.12. The minimum atomic E-state index is -0.228. The summed E-state index contributed by atoms with van der Waals surface area (Å²) >= 11 is 0.